The number of ether oxygens (including phenoxy) is 1. The fourth-order valence-electron chi connectivity index (χ4n) is 3.33. The van der Waals surface area contributed by atoms with Crippen LogP contribution in [0.5, 0.6) is 0 Å². The van der Waals surface area contributed by atoms with E-state index in [9.17, 15) is 8.42 Å². The van der Waals surface area contributed by atoms with Gasteiger partial charge in [-0.3, -0.25) is 0 Å². The quantitative estimate of drug-likeness (QED) is 0.544. The standard InChI is InChI=1S/C20H22ClN5O4S/c1-13-10-22-20(23-11-13)26-7-5-15(6-8-26)29-12-18-24-19(25-30-18)14-3-4-17(16(21)9-14)31(2,27)28/h3-4,9-11,15H,5-8,12H2,1-2H3. The van der Waals surface area contributed by atoms with Crippen LogP contribution in [0.25, 0.3) is 11.4 Å². The second-order valence-electron chi connectivity index (χ2n) is 7.49. The van der Waals surface area contributed by atoms with E-state index in [2.05, 4.69) is 25.0 Å². The van der Waals surface area contributed by atoms with Gasteiger partial charge in [-0.1, -0.05) is 16.8 Å². The van der Waals surface area contributed by atoms with Crippen molar-refractivity contribution in [3.63, 3.8) is 0 Å². The Labute approximate surface area is 185 Å². The highest BCUT2D eigenvalue weighted by Gasteiger charge is 2.22. The second kappa shape index (κ2) is 8.89. The summed E-state index contributed by atoms with van der Waals surface area (Å²) < 4.78 is 34.6. The van der Waals surface area contributed by atoms with Gasteiger partial charge in [0.25, 0.3) is 5.89 Å². The summed E-state index contributed by atoms with van der Waals surface area (Å²) >= 11 is 6.09. The van der Waals surface area contributed by atoms with Gasteiger partial charge in [0.1, 0.15) is 6.61 Å². The second-order valence-corrected chi connectivity index (χ2v) is 9.88. The Morgan fingerprint density at radius 2 is 1.94 bits per heavy atom. The summed E-state index contributed by atoms with van der Waals surface area (Å²) in [5, 5.41) is 4.06. The number of hydrogen-bond acceptors (Lipinski definition) is 9. The molecule has 3 aromatic rings. The summed E-state index contributed by atoms with van der Waals surface area (Å²) in [6, 6.07) is 4.54. The molecule has 164 valence electrons. The third kappa shape index (κ3) is 5.20. The number of rotatable bonds is 6. The van der Waals surface area contributed by atoms with Crippen molar-refractivity contribution < 1.29 is 17.7 Å². The lowest BCUT2D eigenvalue weighted by Crippen LogP contribution is -2.38. The van der Waals surface area contributed by atoms with Crippen molar-refractivity contribution in [3.8, 4) is 11.4 Å². The van der Waals surface area contributed by atoms with Crippen LogP contribution in [0.2, 0.25) is 5.02 Å². The fraction of sp³-hybridized carbons (Fsp3) is 0.400. The average Bonchev–Trinajstić information content (AvgIpc) is 3.21. The summed E-state index contributed by atoms with van der Waals surface area (Å²) in [6.45, 7) is 3.79. The van der Waals surface area contributed by atoms with E-state index in [1.54, 1.807) is 6.07 Å². The maximum absolute atomic E-state index is 11.7. The van der Waals surface area contributed by atoms with Crippen LogP contribution in [0.4, 0.5) is 5.95 Å². The molecule has 31 heavy (non-hydrogen) atoms. The Morgan fingerprint density at radius 1 is 1.23 bits per heavy atom. The SMILES string of the molecule is Cc1cnc(N2CCC(OCc3nc(-c4ccc(S(C)(=O)=O)c(Cl)c4)no3)CC2)nc1. The van der Waals surface area contributed by atoms with Crippen LogP contribution < -0.4 is 4.90 Å². The molecule has 0 spiro atoms. The van der Waals surface area contributed by atoms with Gasteiger partial charge in [0, 0.05) is 37.3 Å². The van der Waals surface area contributed by atoms with Gasteiger partial charge in [-0.05, 0) is 43.5 Å². The number of aryl methyl sites for hydroxylation is 1. The summed E-state index contributed by atoms with van der Waals surface area (Å²) in [6.07, 6.45) is 6.53. The zero-order chi connectivity index (χ0) is 22.0. The number of hydrogen-bond donors (Lipinski definition) is 0. The lowest BCUT2D eigenvalue weighted by atomic mass is 10.1. The Morgan fingerprint density at radius 3 is 2.58 bits per heavy atom. The number of piperidine rings is 1. The first-order valence-corrected chi connectivity index (χ1v) is 12.0. The maximum Gasteiger partial charge on any atom is 0.252 e. The number of anilines is 1. The van der Waals surface area contributed by atoms with Gasteiger partial charge < -0.3 is 14.2 Å². The molecule has 1 saturated heterocycles. The Bertz CT molecular complexity index is 1160. The van der Waals surface area contributed by atoms with E-state index in [1.165, 1.54) is 12.1 Å². The predicted molar refractivity (Wildman–Crippen MR) is 115 cm³/mol. The molecule has 0 atom stereocenters. The molecule has 3 heterocycles. The molecule has 0 unspecified atom stereocenters. The largest absolute Gasteiger partial charge is 0.368 e. The maximum atomic E-state index is 11.7. The highest BCUT2D eigenvalue weighted by molar-refractivity contribution is 7.90. The molecule has 0 bridgehead atoms. The van der Waals surface area contributed by atoms with E-state index in [0.29, 0.717) is 17.3 Å². The van der Waals surface area contributed by atoms with Gasteiger partial charge >= 0.3 is 0 Å². The highest BCUT2D eigenvalue weighted by Crippen LogP contribution is 2.27. The molecule has 11 heteroatoms. The van der Waals surface area contributed by atoms with Crippen molar-refractivity contribution in [2.75, 3.05) is 24.2 Å². The summed E-state index contributed by atoms with van der Waals surface area (Å²) in [5.41, 5.74) is 1.60. The van der Waals surface area contributed by atoms with E-state index in [-0.39, 0.29) is 22.6 Å². The van der Waals surface area contributed by atoms with Crippen LogP contribution >= 0.6 is 11.6 Å². The van der Waals surface area contributed by atoms with E-state index >= 15 is 0 Å². The van der Waals surface area contributed by atoms with E-state index in [0.717, 1.165) is 43.7 Å². The number of benzene rings is 1. The molecule has 0 amide bonds. The van der Waals surface area contributed by atoms with Crippen molar-refractivity contribution in [1.29, 1.82) is 0 Å². The molecule has 0 aliphatic carbocycles. The third-order valence-corrected chi connectivity index (χ3v) is 6.57. The van der Waals surface area contributed by atoms with Crippen LogP contribution in [-0.2, 0) is 21.2 Å². The van der Waals surface area contributed by atoms with Gasteiger partial charge in [0.2, 0.25) is 11.8 Å². The molecule has 1 aromatic carbocycles. The van der Waals surface area contributed by atoms with Crippen molar-refractivity contribution >= 4 is 27.4 Å². The number of sulfone groups is 1. The Kier molecular flexibility index (Phi) is 6.22. The van der Waals surface area contributed by atoms with E-state index in [1.807, 2.05) is 19.3 Å². The van der Waals surface area contributed by atoms with Crippen LogP contribution in [0.15, 0.2) is 40.0 Å². The zero-order valence-corrected chi connectivity index (χ0v) is 18.7. The Balaban J connectivity index is 1.32. The van der Waals surface area contributed by atoms with Gasteiger partial charge in [0.05, 0.1) is 16.0 Å². The summed E-state index contributed by atoms with van der Waals surface area (Å²) in [5.74, 6) is 1.42. The first-order chi connectivity index (χ1) is 14.8. The van der Waals surface area contributed by atoms with Crippen molar-refractivity contribution in [3.05, 3.63) is 47.1 Å². The normalized spacial score (nSPS) is 15.4. The molecule has 9 nitrogen and oxygen atoms in total. The molecule has 1 aliphatic rings. The van der Waals surface area contributed by atoms with Crippen LogP contribution in [-0.4, -0.2) is 54.0 Å². The monoisotopic (exact) mass is 463 g/mol. The minimum atomic E-state index is -3.40. The number of aromatic nitrogens is 4. The molecule has 0 N–H and O–H groups in total. The van der Waals surface area contributed by atoms with Crippen molar-refractivity contribution in [2.45, 2.75) is 37.4 Å². The lowest BCUT2D eigenvalue weighted by Gasteiger charge is -2.31. The molecule has 0 radical (unpaired) electrons. The van der Waals surface area contributed by atoms with E-state index < -0.39 is 9.84 Å². The van der Waals surface area contributed by atoms with Crippen molar-refractivity contribution in [2.24, 2.45) is 0 Å². The first kappa shape index (κ1) is 21.7. The highest BCUT2D eigenvalue weighted by atomic mass is 35.5. The van der Waals surface area contributed by atoms with Gasteiger partial charge in [0.15, 0.2) is 9.84 Å². The zero-order valence-electron chi connectivity index (χ0n) is 17.2. The lowest BCUT2D eigenvalue weighted by molar-refractivity contribution is 0.0119. The summed E-state index contributed by atoms with van der Waals surface area (Å²) in [4.78, 5) is 15.3. The summed E-state index contributed by atoms with van der Waals surface area (Å²) in [7, 11) is -3.40. The number of halogens is 1. The molecule has 0 saturated carbocycles. The minimum absolute atomic E-state index is 0.0624. The fourth-order valence-corrected chi connectivity index (χ4v) is 4.66. The molecular weight excluding hydrogens is 442 g/mol. The van der Waals surface area contributed by atoms with E-state index in [4.69, 9.17) is 20.9 Å². The van der Waals surface area contributed by atoms with Crippen molar-refractivity contribution in [1.82, 2.24) is 20.1 Å². The first-order valence-electron chi connectivity index (χ1n) is 9.77. The number of nitrogens with zero attached hydrogens (tertiary/aromatic N) is 5. The average molecular weight is 464 g/mol. The molecule has 1 fully saturated rings. The Hall–Kier alpha value is -2.56. The van der Waals surface area contributed by atoms with Crippen LogP contribution in [0.3, 0.4) is 0 Å². The van der Waals surface area contributed by atoms with Gasteiger partial charge in [-0.15, -0.1) is 0 Å². The topological polar surface area (TPSA) is 111 Å². The third-order valence-electron chi connectivity index (χ3n) is 4.99. The van der Waals surface area contributed by atoms with Gasteiger partial charge in [-0.2, -0.15) is 4.98 Å². The van der Waals surface area contributed by atoms with Crippen LogP contribution in [0.1, 0.15) is 24.3 Å². The molecule has 1 aliphatic heterocycles. The smallest absolute Gasteiger partial charge is 0.252 e. The molecule has 2 aromatic heterocycles. The predicted octanol–water partition coefficient (Wildman–Crippen LogP) is 3.08. The molecular formula is C20H22ClN5O4S. The molecule has 4 rings (SSSR count). The minimum Gasteiger partial charge on any atom is -0.368 e. The van der Waals surface area contributed by atoms with Gasteiger partial charge in [-0.25, -0.2) is 18.4 Å². The van der Waals surface area contributed by atoms with Crippen LogP contribution in [0, 0.1) is 6.92 Å².